The Morgan fingerprint density at radius 1 is 1.24 bits per heavy atom. The summed E-state index contributed by atoms with van der Waals surface area (Å²) in [6, 6.07) is 0. The highest BCUT2D eigenvalue weighted by atomic mass is 19.1. The lowest BCUT2D eigenvalue weighted by molar-refractivity contribution is -0.220. The Labute approximate surface area is 217 Å². The summed E-state index contributed by atoms with van der Waals surface area (Å²) in [6.45, 7) is 5.54. The fraction of sp³-hybridized carbons (Fsp3) is 0.759. The van der Waals surface area contributed by atoms with E-state index in [0.717, 1.165) is 19.4 Å². The molecule has 5 aliphatic rings. The molecule has 0 amide bonds. The van der Waals surface area contributed by atoms with Crippen LogP contribution in [0.5, 0.6) is 0 Å². The number of aliphatic hydroxyl groups is 2. The zero-order valence-corrected chi connectivity index (χ0v) is 22.0. The van der Waals surface area contributed by atoms with Crippen LogP contribution in [0.2, 0.25) is 0 Å². The van der Waals surface area contributed by atoms with E-state index in [9.17, 15) is 24.6 Å². The molecule has 0 aromatic rings. The average Bonchev–Trinajstić information content (AvgIpc) is 3.65. The maximum Gasteiger partial charge on any atom is 0.306 e. The summed E-state index contributed by atoms with van der Waals surface area (Å²) in [5.41, 5.74) is -5.38. The van der Waals surface area contributed by atoms with E-state index < -0.39 is 58.4 Å². The van der Waals surface area contributed by atoms with Gasteiger partial charge >= 0.3 is 5.97 Å². The van der Waals surface area contributed by atoms with Crippen molar-refractivity contribution in [2.45, 2.75) is 95.6 Å². The lowest BCUT2D eigenvalue weighted by Gasteiger charge is -2.62. The number of carbonyl (C=O) groups excluding carboxylic acids is 3. The number of unbranched alkanes of at least 4 members (excludes halogenated alkanes) is 1. The number of esters is 1. The third kappa shape index (κ3) is 3.89. The van der Waals surface area contributed by atoms with Crippen LogP contribution in [0.1, 0.15) is 72.1 Å². The fourth-order valence-corrected chi connectivity index (χ4v) is 8.34. The third-order valence-electron chi connectivity index (χ3n) is 10.6. The molecule has 0 radical (unpaired) electrons. The number of carbonyl (C=O) groups is 3. The maximum absolute atomic E-state index is 17.2. The first kappa shape index (κ1) is 26.7. The van der Waals surface area contributed by atoms with E-state index in [2.05, 4.69) is 0 Å². The Morgan fingerprint density at radius 2 is 1.97 bits per heavy atom. The molecule has 1 unspecified atom stereocenters. The lowest BCUT2D eigenvalue weighted by Crippen LogP contribution is -2.69. The molecule has 0 aromatic carbocycles. The smallest absolute Gasteiger partial charge is 0.306 e. The second kappa shape index (κ2) is 9.09. The van der Waals surface area contributed by atoms with Gasteiger partial charge in [-0.3, -0.25) is 14.4 Å². The molecule has 0 spiro atoms. The van der Waals surface area contributed by atoms with Gasteiger partial charge < -0.3 is 19.7 Å². The molecule has 5 rings (SSSR count). The Balaban J connectivity index is 1.33. The molecule has 3 saturated carbocycles. The number of aliphatic hydroxyl groups excluding tert-OH is 1. The van der Waals surface area contributed by atoms with Crippen LogP contribution in [0, 0.1) is 28.6 Å². The van der Waals surface area contributed by atoms with Gasteiger partial charge in [0, 0.05) is 23.2 Å². The topological polar surface area (TPSA) is 113 Å². The Bertz CT molecular complexity index is 1050. The van der Waals surface area contributed by atoms with Crippen LogP contribution in [-0.4, -0.2) is 64.4 Å². The summed E-state index contributed by atoms with van der Waals surface area (Å²) >= 11 is 0. The number of hydrogen-bond donors (Lipinski definition) is 2. The average molecular weight is 519 g/mol. The molecule has 8 heteroatoms. The summed E-state index contributed by atoms with van der Waals surface area (Å²) in [7, 11) is 0. The van der Waals surface area contributed by atoms with Crippen molar-refractivity contribution in [1.29, 1.82) is 0 Å². The van der Waals surface area contributed by atoms with Crippen molar-refractivity contribution in [3.8, 4) is 0 Å². The van der Waals surface area contributed by atoms with Gasteiger partial charge in [-0.05, 0) is 69.4 Å². The number of halogens is 1. The lowest BCUT2D eigenvalue weighted by atomic mass is 9.44. The summed E-state index contributed by atoms with van der Waals surface area (Å²) in [5, 5.41) is 23.3. The second-order valence-corrected chi connectivity index (χ2v) is 12.5. The summed E-state index contributed by atoms with van der Waals surface area (Å²) in [5.74, 6) is -2.68. The molecule has 1 saturated heterocycles. The van der Waals surface area contributed by atoms with E-state index in [-0.39, 0.29) is 24.5 Å². The minimum atomic E-state index is -2.02. The maximum atomic E-state index is 17.2. The summed E-state index contributed by atoms with van der Waals surface area (Å²) in [4.78, 5) is 37.7. The van der Waals surface area contributed by atoms with Crippen molar-refractivity contribution < 1.29 is 38.5 Å². The molecule has 7 nitrogen and oxygen atoms in total. The summed E-state index contributed by atoms with van der Waals surface area (Å²) < 4.78 is 27.6. The molecule has 1 heterocycles. The van der Waals surface area contributed by atoms with E-state index in [1.165, 1.54) is 12.2 Å². The number of allylic oxidation sites excluding steroid dienone is 4. The van der Waals surface area contributed by atoms with Crippen molar-refractivity contribution >= 4 is 17.5 Å². The zero-order chi connectivity index (χ0) is 26.8. The van der Waals surface area contributed by atoms with E-state index >= 15 is 4.39 Å². The largest absolute Gasteiger partial charge is 0.458 e. The molecule has 37 heavy (non-hydrogen) atoms. The first-order valence-corrected chi connectivity index (χ1v) is 13.7. The van der Waals surface area contributed by atoms with Gasteiger partial charge in [0.15, 0.2) is 18.1 Å². The zero-order valence-electron chi connectivity index (χ0n) is 22.0. The van der Waals surface area contributed by atoms with Crippen LogP contribution >= 0.6 is 0 Å². The van der Waals surface area contributed by atoms with Crippen LogP contribution in [0.25, 0.3) is 0 Å². The predicted molar refractivity (Wildman–Crippen MR) is 132 cm³/mol. The molecular weight excluding hydrogens is 479 g/mol. The monoisotopic (exact) mass is 518 g/mol. The van der Waals surface area contributed by atoms with Gasteiger partial charge in [-0.15, -0.1) is 0 Å². The Morgan fingerprint density at radius 3 is 2.68 bits per heavy atom. The highest BCUT2D eigenvalue weighted by molar-refractivity contribution is 6.01. The van der Waals surface area contributed by atoms with Crippen molar-refractivity contribution in [2.75, 3.05) is 13.2 Å². The second-order valence-electron chi connectivity index (χ2n) is 12.5. The minimum Gasteiger partial charge on any atom is -0.458 e. The molecule has 9 atom stereocenters. The number of Topliss-reactive ketones (excluding diaryl/α,β-unsaturated/α-hetero) is 1. The molecule has 204 valence electrons. The highest BCUT2D eigenvalue weighted by Crippen LogP contribution is 2.70. The molecule has 1 aliphatic heterocycles. The highest BCUT2D eigenvalue weighted by Gasteiger charge is 2.75. The third-order valence-corrected chi connectivity index (χ3v) is 10.6. The first-order valence-electron chi connectivity index (χ1n) is 13.7. The standard InChI is InChI=1S/C29H39FO7/c1-17-12-22-21-9-8-18-13-19(31)10-11-26(18,2)28(21,30)23(32)14-27(22,3)29(17,35)24(33)16-37-25(34)7-5-4-6-20-15-36-20/h10-11,13,17,20-23,32,35H,4-9,12,14-16H2,1-3H3/t17-,20?,21+,22+,23+,26+,27+,28+,29+/m1/s1. The molecule has 0 bridgehead atoms. The fourth-order valence-electron chi connectivity index (χ4n) is 8.34. The normalized spacial score (nSPS) is 45.9. The number of rotatable bonds is 8. The number of hydrogen-bond acceptors (Lipinski definition) is 7. The quantitative estimate of drug-likeness (QED) is 0.288. The Kier molecular flexibility index (Phi) is 6.56. The van der Waals surface area contributed by atoms with Crippen molar-refractivity contribution in [3.63, 3.8) is 0 Å². The van der Waals surface area contributed by atoms with Gasteiger partial charge in [0.05, 0.1) is 18.8 Å². The van der Waals surface area contributed by atoms with Crippen molar-refractivity contribution in [1.82, 2.24) is 0 Å². The van der Waals surface area contributed by atoms with E-state index in [4.69, 9.17) is 9.47 Å². The molecule has 4 aliphatic carbocycles. The van der Waals surface area contributed by atoms with Gasteiger partial charge in [-0.1, -0.05) is 31.9 Å². The van der Waals surface area contributed by atoms with E-state index in [0.29, 0.717) is 37.4 Å². The number of ketones is 2. The van der Waals surface area contributed by atoms with Crippen LogP contribution < -0.4 is 0 Å². The molecule has 0 aromatic heterocycles. The van der Waals surface area contributed by atoms with Crippen LogP contribution in [-0.2, 0) is 23.9 Å². The number of alkyl halides is 1. The number of fused-ring (bicyclic) bond motifs is 5. The molecule has 2 N–H and O–H groups in total. The number of ether oxygens (including phenoxy) is 2. The van der Waals surface area contributed by atoms with Gasteiger partial charge in [0.25, 0.3) is 0 Å². The van der Waals surface area contributed by atoms with Crippen LogP contribution in [0.4, 0.5) is 4.39 Å². The van der Waals surface area contributed by atoms with Gasteiger partial charge in [0.1, 0.15) is 5.60 Å². The summed E-state index contributed by atoms with van der Waals surface area (Å²) in [6.07, 6.45) is 7.20. The van der Waals surface area contributed by atoms with Crippen LogP contribution in [0.15, 0.2) is 23.8 Å². The SMILES string of the molecule is C[C@@H]1C[C@H]2[C@@H]3CCC4=CC(=O)C=C[C@]4(C)[C@@]3(F)[C@@H](O)C[C@]2(C)[C@@]1(O)C(=O)COC(=O)CCCCC1CO1. The molecule has 4 fully saturated rings. The van der Waals surface area contributed by atoms with Crippen molar-refractivity contribution in [3.05, 3.63) is 23.8 Å². The molecular formula is C29H39FO7. The first-order chi connectivity index (χ1) is 17.4. The van der Waals surface area contributed by atoms with Crippen LogP contribution in [0.3, 0.4) is 0 Å². The Hall–Kier alpha value is -1.90. The van der Waals surface area contributed by atoms with E-state index in [1.807, 2.05) is 0 Å². The van der Waals surface area contributed by atoms with E-state index in [1.54, 1.807) is 26.8 Å². The predicted octanol–water partition coefficient (Wildman–Crippen LogP) is 3.41. The minimum absolute atomic E-state index is 0.0981. The van der Waals surface area contributed by atoms with Crippen molar-refractivity contribution in [2.24, 2.45) is 28.6 Å². The van der Waals surface area contributed by atoms with Gasteiger partial charge in [-0.2, -0.15) is 0 Å². The number of epoxide rings is 1. The van der Waals surface area contributed by atoms with Gasteiger partial charge in [-0.25, -0.2) is 4.39 Å². The van der Waals surface area contributed by atoms with Gasteiger partial charge in [0.2, 0.25) is 5.78 Å².